The van der Waals surface area contributed by atoms with Crippen molar-refractivity contribution in [2.45, 2.75) is 6.18 Å². The minimum Gasteiger partial charge on any atom is -0.492 e. The number of rotatable bonds is 4. The molecule has 22 heavy (non-hydrogen) atoms. The van der Waals surface area contributed by atoms with Gasteiger partial charge >= 0.3 is 6.18 Å². The molecule has 0 heterocycles. The number of aliphatic imine (C=N–C) groups is 1. The first-order valence-corrected chi connectivity index (χ1v) is 6.41. The van der Waals surface area contributed by atoms with Gasteiger partial charge in [-0.1, -0.05) is 0 Å². The van der Waals surface area contributed by atoms with E-state index < -0.39 is 11.7 Å². The van der Waals surface area contributed by atoms with Crippen LogP contribution >= 0.6 is 24.0 Å². The molecule has 0 amide bonds. The standard InChI is InChI=1S/C14H20F3N3O.HI/c1-19(2)13(20(3)4)18-9-10-21-12-7-5-11(6-8-12)14(15,16)17;/h5-8H,9-10H2,1-4H3;1H. The van der Waals surface area contributed by atoms with E-state index in [-0.39, 0.29) is 24.0 Å². The maximum atomic E-state index is 12.4. The van der Waals surface area contributed by atoms with Crippen molar-refractivity contribution in [3.05, 3.63) is 29.8 Å². The summed E-state index contributed by atoms with van der Waals surface area (Å²) in [6.07, 6.45) is -4.32. The third-order valence-electron chi connectivity index (χ3n) is 2.59. The lowest BCUT2D eigenvalue weighted by Gasteiger charge is -2.22. The summed E-state index contributed by atoms with van der Waals surface area (Å²) in [5.74, 6) is 1.19. The van der Waals surface area contributed by atoms with Gasteiger partial charge in [0, 0.05) is 28.2 Å². The number of benzene rings is 1. The molecule has 0 saturated heterocycles. The summed E-state index contributed by atoms with van der Waals surface area (Å²) < 4.78 is 42.6. The molecule has 0 fully saturated rings. The molecule has 1 rings (SSSR count). The summed E-state index contributed by atoms with van der Waals surface area (Å²) in [6.45, 7) is 0.725. The number of alkyl halides is 3. The molecule has 1 aromatic rings. The number of hydrogen-bond donors (Lipinski definition) is 0. The van der Waals surface area contributed by atoms with Crippen LogP contribution in [0.4, 0.5) is 13.2 Å². The lowest BCUT2D eigenvalue weighted by atomic mass is 10.2. The lowest BCUT2D eigenvalue weighted by molar-refractivity contribution is -0.137. The van der Waals surface area contributed by atoms with Crippen molar-refractivity contribution in [3.8, 4) is 5.75 Å². The summed E-state index contributed by atoms with van der Waals surface area (Å²) >= 11 is 0. The Morgan fingerprint density at radius 2 is 1.55 bits per heavy atom. The fourth-order valence-corrected chi connectivity index (χ4v) is 1.73. The van der Waals surface area contributed by atoms with Crippen molar-refractivity contribution in [1.82, 2.24) is 9.80 Å². The monoisotopic (exact) mass is 431 g/mol. The van der Waals surface area contributed by atoms with Gasteiger partial charge in [0.05, 0.1) is 12.1 Å². The Morgan fingerprint density at radius 3 is 1.95 bits per heavy atom. The highest BCUT2D eigenvalue weighted by Gasteiger charge is 2.29. The zero-order valence-corrected chi connectivity index (χ0v) is 15.3. The number of nitrogens with zero attached hydrogens (tertiary/aromatic N) is 3. The molecule has 0 aliphatic heterocycles. The van der Waals surface area contributed by atoms with Gasteiger partial charge in [-0.3, -0.25) is 0 Å². The van der Waals surface area contributed by atoms with Gasteiger partial charge in [0.2, 0.25) is 0 Å². The normalized spacial score (nSPS) is 10.5. The van der Waals surface area contributed by atoms with Crippen LogP contribution in [0.2, 0.25) is 0 Å². The first kappa shape index (κ1) is 20.8. The molecule has 0 atom stereocenters. The molecule has 0 unspecified atom stereocenters. The fraction of sp³-hybridized carbons (Fsp3) is 0.500. The smallest absolute Gasteiger partial charge is 0.416 e. The van der Waals surface area contributed by atoms with Gasteiger partial charge in [-0.2, -0.15) is 13.2 Å². The number of guanidine groups is 1. The highest BCUT2D eigenvalue weighted by Crippen LogP contribution is 2.30. The van der Waals surface area contributed by atoms with Crippen molar-refractivity contribution in [2.75, 3.05) is 41.3 Å². The van der Waals surface area contributed by atoms with Crippen LogP contribution in [0.5, 0.6) is 5.75 Å². The third-order valence-corrected chi connectivity index (χ3v) is 2.59. The molecule has 0 radical (unpaired) electrons. The van der Waals surface area contributed by atoms with Crippen molar-refractivity contribution in [3.63, 3.8) is 0 Å². The van der Waals surface area contributed by atoms with Gasteiger partial charge in [0.15, 0.2) is 5.96 Å². The second kappa shape index (κ2) is 9.06. The average Bonchev–Trinajstić information content (AvgIpc) is 2.37. The largest absolute Gasteiger partial charge is 0.492 e. The molecule has 8 heteroatoms. The second-order valence-electron chi connectivity index (χ2n) is 4.84. The van der Waals surface area contributed by atoms with Gasteiger partial charge in [0.1, 0.15) is 12.4 Å². The van der Waals surface area contributed by atoms with Crippen molar-refractivity contribution in [2.24, 2.45) is 4.99 Å². The topological polar surface area (TPSA) is 28.1 Å². The summed E-state index contributed by atoms with van der Waals surface area (Å²) in [6, 6.07) is 4.63. The zero-order valence-electron chi connectivity index (χ0n) is 13.0. The van der Waals surface area contributed by atoms with Crippen LogP contribution < -0.4 is 4.74 Å². The van der Waals surface area contributed by atoms with E-state index in [1.165, 1.54) is 12.1 Å². The van der Waals surface area contributed by atoms with E-state index in [0.717, 1.165) is 18.1 Å². The summed E-state index contributed by atoms with van der Waals surface area (Å²) in [4.78, 5) is 8.10. The van der Waals surface area contributed by atoms with Crippen LogP contribution in [-0.2, 0) is 6.18 Å². The Kier molecular flexibility index (Phi) is 8.57. The lowest BCUT2D eigenvalue weighted by Crippen LogP contribution is -2.35. The molecular weight excluding hydrogens is 410 g/mol. The molecule has 0 spiro atoms. The van der Waals surface area contributed by atoms with Crippen molar-refractivity contribution in [1.29, 1.82) is 0 Å². The van der Waals surface area contributed by atoms with E-state index in [0.29, 0.717) is 18.9 Å². The highest BCUT2D eigenvalue weighted by molar-refractivity contribution is 14.0. The Labute approximate surface area is 146 Å². The van der Waals surface area contributed by atoms with Crippen LogP contribution in [0.15, 0.2) is 29.3 Å². The highest BCUT2D eigenvalue weighted by atomic mass is 127. The third kappa shape index (κ3) is 6.71. The van der Waals surface area contributed by atoms with Crippen LogP contribution in [0.1, 0.15) is 5.56 Å². The maximum absolute atomic E-state index is 12.4. The molecule has 0 N–H and O–H groups in total. The molecule has 0 aromatic heterocycles. The number of ether oxygens (including phenoxy) is 1. The molecule has 0 aliphatic carbocycles. The fourth-order valence-electron chi connectivity index (χ4n) is 1.73. The van der Waals surface area contributed by atoms with Crippen molar-refractivity contribution >= 4 is 29.9 Å². The van der Waals surface area contributed by atoms with E-state index in [1.54, 1.807) is 0 Å². The van der Waals surface area contributed by atoms with Gasteiger partial charge in [-0.15, -0.1) is 24.0 Å². The molecule has 0 bridgehead atoms. The average molecular weight is 431 g/mol. The molecule has 4 nitrogen and oxygen atoms in total. The Morgan fingerprint density at radius 1 is 1.05 bits per heavy atom. The van der Waals surface area contributed by atoms with Crippen LogP contribution in [0, 0.1) is 0 Å². The number of hydrogen-bond acceptors (Lipinski definition) is 2. The molecular formula is C14H21F3IN3O. The quantitative estimate of drug-likeness (QED) is 0.317. The Balaban J connectivity index is 0.00000441. The van der Waals surface area contributed by atoms with E-state index in [4.69, 9.17) is 4.74 Å². The zero-order chi connectivity index (χ0) is 16.0. The van der Waals surface area contributed by atoms with Crippen LogP contribution in [-0.4, -0.2) is 57.1 Å². The number of halogens is 4. The van der Waals surface area contributed by atoms with E-state index in [9.17, 15) is 13.2 Å². The maximum Gasteiger partial charge on any atom is 0.416 e. The minimum atomic E-state index is -4.32. The molecule has 1 aromatic carbocycles. The molecule has 0 saturated carbocycles. The summed E-state index contributed by atoms with van der Waals surface area (Å²) in [7, 11) is 7.54. The minimum absolute atomic E-state index is 0. The van der Waals surface area contributed by atoms with Gasteiger partial charge < -0.3 is 14.5 Å². The van der Waals surface area contributed by atoms with E-state index in [2.05, 4.69) is 4.99 Å². The van der Waals surface area contributed by atoms with Crippen molar-refractivity contribution < 1.29 is 17.9 Å². The first-order valence-electron chi connectivity index (χ1n) is 6.41. The van der Waals surface area contributed by atoms with E-state index in [1.807, 2.05) is 38.0 Å². The van der Waals surface area contributed by atoms with Crippen LogP contribution in [0.25, 0.3) is 0 Å². The van der Waals surface area contributed by atoms with E-state index >= 15 is 0 Å². The molecule has 126 valence electrons. The summed E-state index contributed by atoms with van der Waals surface area (Å²) in [5, 5.41) is 0. The van der Waals surface area contributed by atoms with Gasteiger partial charge in [-0.25, -0.2) is 4.99 Å². The van der Waals surface area contributed by atoms with Gasteiger partial charge in [-0.05, 0) is 24.3 Å². The molecule has 0 aliphatic rings. The SMILES string of the molecule is CN(C)C(=NCCOc1ccc(C(F)(F)F)cc1)N(C)C.I. The van der Waals surface area contributed by atoms with Gasteiger partial charge in [0.25, 0.3) is 0 Å². The summed E-state index contributed by atoms with van der Waals surface area (Å²) in [5.41, 5.74) is -0.685. The Bertz CT molecular complexity index is 463. The predicted molar refractivity (Wildman–Crippen MR) is 92.0 cm³/mol. The first-order chi connectivity index (χ1) is 9.71. The Hall–Kier alpha value is -1.19. The van der Waals surface area contributed by atoms with Crippen LogP contribution in [0.3, 0.4) is 0 Å². The predicted octanol–water partition coefficient (Wildman–Crippen LogP) is 3.18. The second-order valence-corrected chi connectivity index (χ2v) is 4.84.